The number of hydrogen-bond acceptors (Lipinski definition) is 0. The molecule has 3 rings (SSSR count). The normalized spacial score (nSPS) is 13.2. The van der Waals surface area contributed by atoms with E-state index in [1.165, 1.54) is 22.3 Å². The van der Waals surface area contributed by atoms with E-state index in [1.807, 2.05) is 0 Å². The van der Waals surface area contributed by atoms with Gasteiger partial charge in [-0.25, -0.2) is 0 Å². The van der Waals surface area contributed by atoms with Gasteiger partial charge in [-0.2, -0.15) is 0 Å². The van der Waals surface area contributed by atoms with Gasteiger partial charge in [0.1, 0.15) is 0 Å². The summed E-state index contributed by atoms with van der Waals surface area (Å²) >= 11 is 0. The molecule has 0 atom stereocenters. The summed E-state index contributed by atoms with van der Waals surface area (Å²) in [7, 11) is -0.465. The number of rotatable bonds is 2. The van der Waals surface area contributed by atoms with E-state index in [9.17, 15) is 0 Å². The van der Waals surface area contributed by atoms with E-state index in [0.717, 1.165) is 6.42 Å². The topological polar surface area (TPSA) is 0 Å². The average molecular weight is 276 g/mol. The van der Waals surface area contributed by atoms with Crippen molar-refractivity contribution < 1.29 is 0 Å². The molecule has 2 aromatic carbocycles. The summed E-state index contributed by atoms with van der Waals surface area (Å²) < 4.78 is 0. The summed E-state index contributed by atoms with van der Waals surface area (Å²) in [4.78, 5) is 0. The molecule has 0 saturated heterocycles. The van der Waals surface area contributed by atoms with Crippen LogP contribution in [0.5, 0.6) is 0 Å². The first-order valence-corrected chi connectivity index (χ1v) is 9.79. The summed E-state index contributed by atoms with van der Waals surface area (Å²) in [5.41, 5.74) is 7.17. The zero-order valence-electron chi connectivity index (χ0n) is 12.4. The Bertz CT molecular complexity index is 702. The van der Waals surface area contributed by atoms with E-state index in [0.29, 0.717) is 0 Å². The van der Waals surface area contributed by atoms with Crippen molar-refractivity contribution >= 4 is 19.7 Å². The van der Waals surface area contributed by atoms with Gasteiger partial charge in [-0.05, 0) is 39.4 Å². The number of allylic oxidation sites excluding steroid dienone is 1. The number of benzene rings is 2. The minimum absolute atomic E-state index is 0.465. The highest BCUT2D eigenvalue weighted by molar-refractivity contribution is 6.76. The van der Waals surface area contributed by atoms with Crippen LogP contribution in [0.15, 0.2) is 54.1 Å². The van der Waals surface area contributed by atoms with Gasteiger partial charge in [-0.3, -0.25) is 0 Å². The fourth-order valence-corrected chi connectivity index (χ4v) is 4.77. The molecular formula is C19H20Si. The van der Waals surface area contributed by atoms with Crippen LogP contribution in [0.1, 0.15) is 24.5 Å². The first kappa shape index (κ1) is 13.3. The molecule has 0 radical (unpaired) electrons. The Kier molecular flexibility index (Phi) is 3.54. The van der Waals surface area contributed by atoms with Gasteiger partial charge in [0, 0.05) is 8.41 Å². The largest absolute Gasteiger partial charge is 0.0622 e. The molecule has 1 aliphatic rings. The summed E-state index contributed by atoms with van der Waals surface area (Å²) in [6.45, 7) is 7.07. The minimum atomic E-state index is -0.465. The summed E-state index contributed by atoms with van der Waals surface area (Å²) in [5, 5.41) is 1.63. The Hall–Kier alpha value is -1.73. The molecule has 0 heterocycles. The van der Waals surface area contributed by atoms with Crippen LogP contribution in [-0.2, 0) is 0 Å². The maximum Gasteiger partial charge on any atom is 0.0140 e. The van der Waals surface area contributed by atoms with E-state index in [2.05, 4.69) is 74.6 Å². The van der Waals surface area contributed by atoms with Crippen molar-refractivity contribution in [1.29, 1.82) is 0 Å². The van der Waals surface area contributed by atoms with Gasteiger partial charge in [0.05, 0.1) is 0 Å². The van der Waals surface area contributed by atoms with Gasteiger partial charge < -0.3 is 0 Å². The molecule has 0 saturated carbocycles. The second kappa shape index (κ2) is 5.33. The molecule has 0 unspecified atom stereocenters. The molecule has 0 aromatic heterocycles. The van der Waals surface area contributed by atoms with Crippen molar-refractivity contribution in [2.75, 3.05) is 0 Å². The third-order valence-electron chi connectivity index (χ3n) is 3.96. The lowest BCUT2D eigenvalue weighted by Crippen LogP contribution is -2.12. The standard InChI is InChI=1S/C19H20Si/c1-4-14-13-16-11-8-12-17(15-9-6-5-7-10-15)18(16)19(14)20(2)3/h5-13H,4H2,1-3H3. The Morgan fingerprint density at radius 1 is 0.900 bits per heavy atom. The van der Waals surface area contributed by atoms with Crippen molar-refractivity contribution in [2.45, 2.75) is 26.4 Å². The van der Waals surface area contributed by atoms with Crippen molar-refractivity contribution in [3.8, 4) is 11.1 Å². The van der Waals surface area contributed by atoms with Gasteiger partial charge in [0.15, 0.2) is 0 Å². The van der Waals surface area contributed by atoms with Gasteiger partial charge >= 0.3 is 0 Å². The SMILES string of the molecule is CCC1=Cc2cccc(-c3ccccc3)c2C1=[Si](C)C. The van der Waals surface area contributed by atoms with E-state index in [1.54, 1.807) is 10.7 Å². The number of fused-ring (bicyclic) bond motifs is 1. The van der Waals surface area contributed by atoms with Crippen LogP contribution < -0.4 is 0 Å². The first-order valence-electron chi connectivity index (χ1n) is 7.29. The van der Waals surface area contributed by atoms with Crippen LogP contribution in [0.4, 0.5) is 0 Å². The smallest absolute Gasteiger partial charge is 0.0140 e. The monoisotopic (exact) mass is 276 g/mol. The molecule has 0 spiro atoms. The predicted octanol–water partition coefficient (Wildman–Crippen LogP) is 5.02. The van der Waals surface area contributed by atoms with Crippen molar-refractivity contribution in [2.24, 2.45) is 0 Å². The quantitative estimate of drug-likeness (QED) is 0.676. The van der Waals surface area contributed by atoms with Gasteiger partial charge in [0.25, 0.3) is 0 Å². The first-order chi connectivity index (χ1) is 9.72. The lowest BCUT2D eigenvalue weighted by Gasteiger charge is -2.14. The molecule has 1 heteroatoms. The van der Waals surface area contributed by atoms with Crippen molar-refractivity contribution in [3.63, 3.8) is 0 Å². The van der Waals surface area contributed by atoms with Gasteiger partial charge in [0.2, 0.25) is 0 Å². The molecule has 100 valence electrons. The minimum Gasteiger partial charge on any atom is -0.0622 e. The lowest BCUT2D eigenvalue weighted by molar-refractivity contribution is 1.19. The molecule has 1 aliphatic carbocycles. The zero-order valence-corrected chi connectivity index (χ0v) is 13.4. The van der Waals surface area contributed by atoms with Gasteiger partial charge in [-0.15, -0.1) is 0 Å². The number of hydrogen-bond donors (Lipinski definition) is 0. The molecule has 0 bridgehead atoms. The Labute approximate surface area is 123 Å². The van der Waals surface area contributed by atoms with E-state index in [4.69, 9.17) is 0 Å². The maximum absolute atomic E-state index is 2.40. The fourth-order valence-electron chi connectivity index (χ4n) is 3.10. The van der Waals surface area contributed by atoms with Crippen LogP contribution in [0, 0.1) is 0 Å². The molecule has 2 aromatic rings. The van der Waals surface area contributed by atoms with E-state index >= 15 is 0 Å². The van der Waals surface area contributed by atoms with Crippen molar-refractivity contribution in [3.05, 3.63) is 65.2 Å². The highest BCUT2D eigenvalue weighted by atomic mass is 28.2. The molecule has 20 heavy (non-hydrogen) atoms. The molecular weight excluding hydrogens is 256 g/mol. The van der Waals surface area contributed by atoms with Crippen LogP contribution >= 0.6 is 0 Å². The summed E-state index contributed by atoms with van der Waals surface area (Å²) in [6, 6.07) is 17.5. The van der Waals surface area contributed by atoms with Crippen LogP contribution in [0.2, 0.25) is 13.1 Å². The van der Waals surface area contributed by atoms with E-state index in [-0.39, 0.29) is 0 Å². The second-order valence-corrected chi connectivity index (χ2v) is 8.03. The summed E-state index contributed by atoms with van der Waals surface area (Å²) in [6.07, 6.45) is 3.53. The third-order valence-corrected chi connectivity index (χ3v) is 5.53. The Morgan fingerprint density at radius 2 is 1.65 bits per heavy atom. The maximum atomic E-state index is 2.40. The van der Waals surface area contributed by atoms with E-state index < -0.39 is 8.41 Å². The van der Waals surface area contributed by atoms with Crippen LogP contribution in [0.25, 0.3) is 17.2 Å². The van der Waals surface area contributed by atoms with Crippen LogP contribution in [-0.4, -0.2) is 13.6 Å². The lowest BCUT2D eigenvalue weighted by atomic mass is 9.95. The molecule has 0 aliphatic heterocycles. The Morgan fingerprint density at radius 3 is 2.30 bits per heavy atom. The van der Waals surface area contributed by atoms with Crippen molar-refractivity contribution in [1.82, 2.24) is 0 Å². The highest BCUT2D eigenvalue weighted by Crippen LogP contribution is 2.35. The summed E-state index contributed by atoms with van der Waals surface area (Å²) in [5.74, 6) is 0. The molecule has 0 nitrogen and oxygen atoms in total. The highest BCUT2D eigenvalue weighted by Gasteiger charge is 2.21. The van der Waals surface area contributed by atoms with Gasteiger partial charge in [-0.1, -0.05) is 74.6 Å². The average Bonchev–Trinajstić information content (AvgIpc) is 2.86. The van der Waals surface area contributed by atoms with Crippen LogP contribution in [0.3, 0.4) is 0 Å². The molecule has 0 N–H and O–H groups in total. The zero-order chi connectivity index (χ0) is 14.1. The third kappa shape index (κ3) is 2.12. The fraction of sp³-hybridized carbons (Fsp3) is 0.211. The molecule has 0 amide bonds. The predicted molar refractivity (Wildman–Crippen MR) is 91.7 cm³/mol. The second-order valence-electron chi connectivity index (χ2n) is 5.53. The molecule has 0 fully saturated rings. The Balaban J connectivity index is 2.27.